The van der Waals surface area contributed by atoms with Crippen LogP contribution < -0.4 is 0 Å². The van der Waals surface area contributed by atoms with Gasteiger partial charge in [0.2, 0.25) is 5.88 Å². The van der Waals surface area contributed by atoms with E-state index in [1.54, 1.807) is 7.05 Å². The molecule has 1 aromatic heterocycles. The Morgan fingerprint density at radius 1 is 1.19 bits per heavy atom. The largest absolute Gasteiger partial charge is 0.493 e. The van der Waals surface area contributed by atoms with E-state index in [-0.39, 0.29) is 5.88 Å². The van der Waals surface area contributed by atoms with Crippen molar-refractivity contribution in [2.45, 2.75) is 19.8 Å². The highest BCUT2D eigenvalue weighted by atomic mass is 16.3. The van der Waals surface area contributed by atoms with Crippen molar-refractivity contribution in [1.82, 2.24) is 9.78 Å². The van der Waals surface area contributed by atoms with Crippen molar-refractivity contribution >= 4 is 0 Å². The third-order valence-corrected chi connectivity index (χ3v) is 2.65. The van der Waals surface area contributed by atoms with Gasteiger partial charge in [-0.05, 0) is 11.5 Å². The zero-order valence-electron chi connectivity index (χ0n) is 9.81. The third kappa shape index (κ3) is 1.69. The van der Waals surface area contributed by atoms with Crippen LogP contribution in [0.25, 0.3) is 11.1 Å². The molecule has 1 N–H and O–H groups in total. The quantitative estimate of drug-likeness (QED) is 0.838. The van der Waals surface area contributed by atoms with E-state index in [1.165, 1.54) is 4.68 Å². The van der Waals surface area contributed by atoms with Gasteiger partial charge in [0.25, 0.3) is 0 Å². The Hall–Kier alpha value is -1.77. The lowest BCUT2D eigenvalue weighted by Crippen LogP contribution is -1.93. The lowest BCUT2D eigenvalue weighted by atomic mass is 10.00. The average molecular weight is 216 g/mol. The first-order valence-corrected chi connectivity index (χ1v) is 5.42. The molecular weight excluding hydrogens is 200 g/mol. The number of aromatic nitrogens is 2. The zero-order chi connectivity index (χ0) is 11.7. The van der Waals surface area contributed by atoms with Gasteiger partial charge in [0.1, 0.15) is 0 Å². The van der Waals surface area contributed by atoms with E-state index in [0.29, 0.717) is 5.92 Å². The van der Waals surface area contributed by atoms with Crippen LogP contribution in [0.4, 0.5) is 0 Å². The molecule has 0 spiro atoms. The maximum absolute atomic E-state index is 10.0. The van der Waals surface area contributed by atoms with Crippen LogP contribution in [0.2, 0.25) is 0 Å². The molecule has 3 heteroatoms. The Labute approximate surface area is 95.3 Å². The monoisotopic (exact) mass is 216 g/mol. The normalized spacial score (nSPS) is 11.0. The Balaban J connectivity index is 2.64. The number of aromatic hydroxyl groups is 1. The highest BCUT2D eigenvalue weighted by Gasteiger charge is 2.18. The molecule has 16 heavy (non-hydrogen) atoms. The highest BCUT2D eigenvalue weighted by molar-refractivity contribution is 5.71. The minimum absolute atomic E-state index is 0.231. The van der Waals surface area contributed by atoms with Gasteiger partial charge < -0.3 is 5.11 Å². The zero-order valence-corrected chi connectivity index (χ0v) is 9.81. The molecule has 84 valence electrons. The maximum atomic E-state index is 10.0. The SMILES string of the molecule is CC(C)c1nn(C)c(O)c1-c1ccccc1. The Bertz CT molecular complexity index is 486. The van der Waals surface area contributed by atoms with Crippen LogP contribution in [-0.4, -0.2) is 14.9 Å². The molecule has 0 aliphatic heterocycles. The molecule has 0 atom stereocenters. The summed E-state index contributed by atoms with van der Waals surface area (Å²) in [6, 6.07) is 9.87. The van der Waals surface area contributed by atoms with Crippen LogP contribution >= 0.6 is 0 Å². The maximum Gasteiger partial charge on any atom is 0.217 e. The highest BCUT2D eigenvalue weighted by Crippen LogP contribution is 2.35. The molecular formula is C13H16N2O. The molecule has 0 unspecified atom stereocenters. The first-order valence-electron chi connectivity index (χ1n) is 5.42. The van der Waals surface area contributed by atoms with Crippen LogP contribution in [0, 0.1) is 0 Å². The summed E-state index contributed by atoms with van der Waals surface area (Å²) in [6.07, 6.45) is 0. The van der Waals surface area contributed by atoms with Crippen LogP contribution in [0.3, 0.4) is 0 Å². The van der Waals surface area contributed by atoms with Gasteiger partial charge in [-0.2, -0.15) is 5.10 Å². The molecule has 0 amide bonds. The number of rotatable bonds is 2. The van der Waals surface area contributed by atoms with Crippen molar-refractivity contribution in [3.63, 3.8) is 0 Å². The second kappa shape index (κ2) is 4.00. The van der Waals surface area contributed by atoms with E-state index in [2.05, 4.69) is 18.9 Å². The summed E-state index contributed by atoms with van der Waals surface area (Å²) in [5.74, 6) is 0.525. The van der Waals surface area contributed by atoms with E-state index in [9.17, 15) is 5.11 Å². The average Bonchev–Trinajstić information content (AvgIpc) is 2.57. The van der Waals surface area contributed by atoms with E-state index in [4.69, 9.17) is 0 Å². The van der Waals surface area contributed by atoms with Crippen LogP contribution in [0.1, 0.15) is 25.5 Å². The Kier molecular flexibility index (Phi) is 2.69. The fourth-order valence-corrected chi connectivity index (χ4v) is 1.82. The summed E-state index contributed by atoms with van der Waals surface area (Å²) in [5, 5.41) is 14.4. The van der Waals surface area contributed by atoms with E-state index < -0.39 is 0 Å². The summed E-state index contributed by atoms with van der Waals surface area (Å²) in [4.78, 5) is 0. The standard InChI is InChI=1S/C13H16N2O/c1-9(2)12-11(13(16)15(3)14-12)10-7-5-4-6-8-10/h4-9,16H,1-3H3. The Morgan fingerprint density at radius 3 is 2.38 bits per heavy atom. The summed E-state index contributed by atoms with van der Waals surface area (Å²) < 4.78 is 1.53. The minimum atomic E-state index is 0.231. The van der Waals surface area contributed by atoms with Crippen molar-refractivity contribution in [2.24, 2.45) is 7.05 Å². The number of nitrogens with zero attached hydrogens (tertiary/aromatic N) is 2. The minimum Gasteiger partial charge on any atom is -0.493 e. The predicted molar refractivity (Wildman–Crippen MR) is 64.4 cm³/mol. The van der Waals surface area contributed by atoms with Gasteiger partial charge in [0, 0.05) is 7.05 Å². The van der Waals surface area contributed by atoms with Crippen molar-refractivity contribution in [3.05, 3.63) is 36.0 Å². The first kappa shape index (κ1) is 10.7. The van der Waals surface area contributed by atoms with Crippen LogP contribution in [-0.2, 0) is 7.05 Å². The lowest BCUT2D eigenvalue weighted by Gasteiger charge is -2.05. The van der Waals surface area contributed by atoms with Crippen LogP contribution in [0.15, 0.2) is 30.3 Å². The third-order valence-electron chi connectivity index (χ3n) is 2.65. The number of hydrogen-bond donors (Lipinski definition) is 1. The molecule has 2 aromatic rings. The lowest BCUT2D eigenvalue weighted by molar-refractivity contribution is 0.420. The summed E-state index contributed by atoms with van der Waals surface area (Å²) in [5.41, 5.74) is 2.79. The molecule has 0 bridgehead atoms. The smallest absolute Gasteiger partial charge is 0.217 e. The van der Waals surface area contributed by atoms with Crippen molar-refractivity contribution < 1.29 is 5.11 Å². The van der Waals surface area contributed by atoms with Gasteiger partial charge in [0.05, 0.1) is 11.3 Å². The molecule has 1 heterocycles. The van der Waals surface area contributed by atoms with Gasteiger partial charge >= 0.3 is 0 Å². The van der Waals surface area contributed by atoms with Crippen LogP contribution in [0.5, 0.6) is 5.88 Å². The van der Waals surface area contributed by atoms with Crippen molar-refractivity contribution in [3.8, 4) is 17.0 Å². The van der Waals surface area contributed by atoms with Crippen molar-refractivity contribution in [2.75, 3.05) is 0 Å². The van der Waals surface area contributed by atoms with Gasteiger partial charge in [-0.3, -0.25) is 0 Å². The summed E-state index contributed by atoms with van der Waals surface area (Å²) in [6.45, 7) is 4.16. The molecule has 0 fully saturated rings. The molecule has 3 nitrogen and oxygen atoms in total. The van der Waals surface area contributed by atoms with E-state index in [1.807, 2.05) is 30.3 Å². The second-order valence-electron chi connectivity index (χ2n) is 4.23. The number of hydrogen-bond acceptors (Lipinski definition) is 2. The van der Waals surface area contributed by atoms with E-state index >= 15 is 0 Å². The number of benzene rings is 1. The molecule has 0 saturated carbocycles. The van der Waals surface area contributed by atoms with Gasteiger partial charge in [-0.15, -0.1) is 0 Å². The van der Waals surface area contributed by atoms with E-state index in [0.717, 1.165) is 16.8 Å². The van der Waals surface area contributed by atoms with Gasteiger partial charge in [-0.25, -0.2) is 4.68 Å². The second-order valence-corrected chi connectivity index (χ2v) is 4.23. The molecule has 0 aliphatic carbocycles. The molecule has 0 aliphatic rings. The molecule has 2 rings (SSSR count). The molecule has 1 aromatic carbocycles. The van der Waals surface area contributed by atoms with Gasteiger partial charge in [-0.1, -0.05) is 44.2 Å². The van der Waals surface area contributed by atoms with Gasteiger partial charge in [0.15, 0.2) is 0 Å². The Morgan fingerprint density at radius 2 is 1.81 bits per heavy atom. The molecule has 0 radical (unpaired) electrons. The fraction of sp³-hybridized carbons (Fsp3) is 0.308. The van der Waals surface area contributed by atoms with Crippen molar-refractivity contribution in [1.29, 1.82) is 0 Å². The fourth-order valence-electron chi connectivity index (χ4n) is 1.82. The summed E-state index contributed by atoms with van der Waals surface area (Å²) >= 11 is 0. The number of aryl methyl sites for hydroxylation is 1. The summed E-state index contributed by atoms with van der Waals surface area (Å²) in [7, 11) is 1.76. The molecule has 0 saturated heterocycles. The topological polar surface area (TPSA) is 38.0 Å². The predicted octanol–water partition coefficient (Wildman–Crippen LogP) is 2.92. The first-order chi connectivity index (χ1) is 7.61.